The van der Waals surface area contributed by atoms with E-state index in [9.17, 15) is 0 Å². The molecule has 2 rings (SSSR count). The molecule has 6 heteroatoms. The van der Waals surface area contributed by atoms with Gasteiger partial charge in [0.15, 0.2) is 0 Å². The molecule has 0 unspecified atom stereocenters. The average molecular weight is 300 g/mol. The second-order valence-electron chi connectivity index (χ2n) is 4.07. The van der Waals surface area contributed by atoms with E-state index in [0.717, 1.165) is 30.8 Å². The van der Waals surface area contributed by atoms with Gasteiger partial charge in [0.1, 0.15) is 5.75 Å². The zero-order valence-corrected chi connectivity index (χ0v) is 11.9. The summed E-state index contributed by atoms with van der Waals surface area (Å²) in [5, 5.41) is 8.76. The van der Waals surface area contributed by atoms with Crippen LogP contribution in [0, 0.1) is 0 Å². The van der Waals surface area contributed by atoms with Gasteiger partial charge in [-0.3, -0.25) is 4.68 Å². The Labute approximate surface area is 122 Å². The van der Waals surface area contributed by atoms with Crippen LogP contribution in [0.2, 0.25) is 5.02 Å². The molecular weight excluding hydrogens is 285 g/mol. The van der Waals surface area contributed by atoms with Crippen LogP contribution in [-0.2, 0) is 13.0 Å². The molecule has 2 aromatic rings. The molecule has 0 fully saturated rings. The van der Waals surface area contributed by atoms with Crippen molar-refractivity contribution in [3.63, 3.8) is 0 Å². The molecule has 0 saturated heterocycles. The van der Waals surface area contributed by atoms with Gasteiger partial charge in [0.25, 0.3) is 0 Å². The number of hydrogen-bond acceptors (Lipinski definition) is 3. The van der Waals surface area contributed by atoms with Gasteiger partial charge in [-0.15, -0.1) is 16.7 Å². The Kier molecular flexibility index (Phi) is 5.48. The SMILES string of the molecule is ClCCc1cn(CCCOc2ccc(Cl)cc2)nn1. The van der Waals surface area contributed by atoms with Crippen LogP contribution >= 0.6 is 23.2 Å². The molecule has 0 aliphatic rings. The van der Waals surface area contributed by atoms with E-state index in [4.69, 9.17) is 27.9 Å². The molecule has 0 atom stereocenters. The summed E-state index contributed by atoms with van der Waals surface area (Å²) in [5.41, 5.74) is 0.925. The van der Waals surface area contributed by atoms with E-state index in [1.165, 1.54) is 0 Å². The predicted molar refractivity (Wildman–Crippen MR) is 76.0 cm³/mol. The maximum atomic E-state index is 5.80. The molecule has 0 saturated carbocycles. The maximum Gasteiger partial charge on any atom is 0.119 e. The third kappa shape index (κ3) is 4.73. The first-order valence-electron chi connectivity index (χ1n) is 6.11. The van der Waals surface area contributed by atoms with Crippen LogP contribution in [0.1, 0.15) is 12.1 Å². The van der Waals surface area contributed by atoms with E-state index in [1.54, 1.807) is 0 Å². The maximum absolute atomic E-state index is 5.80. The molecule has 4 nitrogen and oxygen atoms in total. The van der Waals surface area contributed by atoms with Crippen molar-refractivity contribution in [3.8, 4) is 5.75 Å². The second-order valence-corrected chi connectivity index (χ2v) is 4.88. The van der Waals surface area contributed by atoms with E-state index < -0.39 is 0 Å². The minimum Gasteiger partial charge on any atom is -0.494 e. The van der Waals surface area contributed by atoms with Crippen LogP contribution in [0.5, 0.6) is 5.75 Å². The summed E-state index contributed by atoms with van der Waals surface area (Å²) < 4.78 is 7.41. The molecule has 19 heavy (non-hydrogen) atoms. The topological polar surface area (TPSA) is 39.9 Å². The van der Waals surface area contributed by atoms with E-state index >= 15 is 0 Å². The lowest BCUT2D eigenvalue weighted by atomic mass is 10.3. The molecule has 102 valence electrons. The van der Waals surface area contributed by atoms with Gasteiger partial charge >= 0.3 is 0 Å². The van der Waals surface area contributed by atoms with Gasteiger partial charge in [0.05, 0.1) is 12.3 Å². The summed E-state index contributed by atoms with van der Waals surface area (Å²) in [7, 11) is 0. The van der Waals surface area contributed by atoms with Crippen molar-refractivity contribution in [2.45, 2.75) is 19.4 Å². The van der Waals surface area contributed by atoms with Crippen LogP contribution in [0.25, 0.3) is 0 Å². The van der Waals surface area contributed by atoms with E-state index in [-0.39, 0.29) is 0 Å². The van der Waals surface area contributed by atoms with Crippen molar-refractivity contribution in [2.24, 2.45) is 0 Å². The third-order valence-electron chi connectivity index (χ3n) is 2.55. The first-order chi connectivity index (χ1) is 9.28. The van der Waals surface area contributed by atoms with Crippen molar-refractivity contribution in [2.75, 3.05) is 12.5 Å². The van der Waals surface area contributed by atoms with Crippen molar-refractivity contribution in [3.05, 3.63) is 41.2 Å². The highest BCUT2D eigenvalue weighted by Gasteiger charge is 2.00. The highest BCUT2D eigenvalue weighted by atomic mass is 35.5. The minimum atomic E-state index is 0.568. The number of aromatic nitrogens is 3. The standard InChI is InChI=1S/C13H15Cl2N3O/c14-7-6-12-10-18(17-16-12)8-1-9-19-13-4-2-11(15)3-5-13/h2-5,10H,1,6-9H2. The summed E-state index contributed by atoms with van der Waals surface area (Å²) in [6.45, 7) is 1.41. The molecular formula is C13H15Cl2N3O. The first kappa shape index (κ1) is 14.2. The fourth-order valence-electron chi connectivity index (χ4n) is 1.61. The van der Waals surface area contributed by atoms with Crippen LogP contribution in [0.15, 0.2) is 30.5 Å². The number of rotatable bonds is 7. The molecule has 0 radical (unpaired) electrons. The Morgan fingerprint density at radius 1 is 1.21 bits per heavy atom. The van der Waals surface area contributed by atoms with Gasteiger partial charge in [-0.1, -0.05) is 16.8 Å². The monoisotopic (exact) mass is 299 g/mol. The van der Waals surface area contributed by atoms with Crippen molar-refractivity contribution in [1.29, 1.82) is 0 Å². The highest BCUT2D eigenvalue weighted by molar-refractivity contribution is 6.30. The van der Waals surface area contributed by atoms with Crippen molar-refractivity contribution in [1.82, 2.24) is 15.0 Å². The van der Waals surface area contributed by atoms with Crippen molar-refractivity contribution >= 4 is 23.2 Å². The zero-order valence-electron chi connectivity index (χ0n) is 10.4. The molecule has 1 heterocycles. The summed E-state index contributed by atoms with van der Waals surface area (Å²) >= 11 is 11.4. The average Bonchev–Trinajstić information content (AvgIpc) is 2.85. The normalized spacial score (nSPS) is 10.6. The highest BCUT2D eigenvalue weighted by Crippen LogP contribution is 2.15. The van der Waals surface area contributed by atoms with Crippen LogP contribution in [0.3, 0.4) is 0 Å². The largest absolute Gasteiger partial charge is 0.494 e. The Morgan fingerprint density at radius 3 is 2.74 bits per heavy atom. The van der Waals surface area contributed by atoms with E-state index in [0.29, 0.717) is 17.5 Å². The van der Waals surface area contributed by atoms with Gasteiger partial charge in [-0.2, -0.15) is 0 Å². The minimum absolute atomic E-state index is 0.568. The lowest BCUT2D eigenvalue weighted by Gasteiger charge is -2.05. The second kappa shape index (κ2) is 7.36. The Hall–Kier alpha value is -1.26. The molecule has 0 aliphatic carbocycles. The molecule has 1 aromatic heterocycles. The number of hydrogen-bond donors (Lipinski definition) is 0. The van der Waals surface area contributed by atoms with E-state index in [1.807, 2.05) is 35.1 Å². The summed E-state index contributed by atoms with van der Waals surface area (Å²) in [6.07, 6.45) is 3.54. The molecule has 0 N–H and O–H groups in total. The van der Waals surface area contributed by atoms with Gasteiger partial charge in [0.2, 0.25) is 0 Å². The molecule has 1 aromatic carbocycles. The number of nitrogens with zero attached hydrogens (tertiary/aromatic N) is 3. The first-order valence-corrected chi connectivity index (χ1v) is 7.02. The van der Waals surface area contributed by atoms with E-state index in [2.05, 4.69) is 10.3 Å². The molecule has 0 aliphatic heterocycles. The number of aryl methyl sites for hydroxylation is 2. The lowest BCUT2D eigenvalue weighted by molar-refractivity contribution is 0.298. The van der Waals surface area contributed by atoms with Gasteiger partial charge in [0, 0.05) is 36.5 Å². The fraction of sp³-hybridized carbons (Fsp3) is 0.385. The quantitative estimate of drug-likeness (QED) is 0.582. The summed E-state index contributed by atoms with van der Waals surface area (Å²) in [6, 6.07) is 7.34. The summed E-state index contributed by atoms with van der Waals surface area (Å²) in [4.78, 5) is 0. The van der Waals surface area contributed by atoms with Crippen LogP contribution in [-0.4, -0.2) is 27.5 Å². The summed E-state index contributed by atoms with van der Waals surface area (Å²) in [5.74, 6) is 1.39. The van der Waals surface area contributed by atoms with Crippen molar-refractivity contribution < 1.29 is 4.74 Å². The predicted octanol–water partition coefficient (Wildman–Crippen LogP) is 3.18. The number of benzene rings is 1. The van der Waals surface area contributed by atoms with Crippen LogP contribution in [0.4, 0.5) is 0 Å². The molecule has 0 amide bonds. The van der Waals surface area contributed by atoms with Crippen LogP contribution < -0.4 is 4.74 Å². The number of halogens is 2. The molecule has 0 bridgehead atoms. The molecule has 0 spiro atoms. The van der Waals surface area contributed by atoms with Gasteiger partial charge < -0.3 is 4.74 Å². The van der Waals surface area contributed by atoms with Gasteiger partial charge in [-0.05, 0) is 24.3 Å². The lowest BCUT2D eigenvalue weighted by Crippen LogP contribution is -2.05. The Balaban J connectivity index is 1.69. The Morgan fingerprint density at radius 2 is 2.00 bits per heavy atom. The number of alkyl halides is 1. The zero-order chi connectivity index (χ0) is 13.5. The fourth-order valence-corrected chi connectivity index (χ4v) is 1.93. The Bertz CT molecular complexity index is 499. The smallest absolute Gasteiger partial charge is 0.119 e. The van der Waals surface area contributed by atoms with Gasteiger partial charge in [-0.25, -0.2) is 0 Å². The third-order valence-corrected chi connectivity index (χ3v) is 2.99. The number of ether oxygens (including phenoxy) is 1.